The molecule has 1 aliphatic rings. The van der Waals surface area contributed by atoms with E-state index in [0.717, 1.165) is 46.8 Å². The van der Waals surface area contributed by atoms with Gasteiger partial charge < -0.3 is 4.90 Å². The number of anilines is 1. The number of pyridine rings is 1. The minimum absolute atomic E-state index is 0.710. The molecule has 1 saturated heterocycles. The van der Waals surface area contributed by atoms with Crippen LogP contribution in [0.4, 0.5) is 5.69 Å². The first-order valence-corrected chi connectivity index (χ1v) is 9.93. The number of fused-ring (bicyclic) bond motifs is 1. The number of hydrogen-bond donors (Lipinski definition) is 0. The van der Waals surface area contributed by atoms with Gasteiger partial charge in [0, 0.05) is 30.4 Å². The molecule has 4 nitrogen and oxygen atoms in total. The van der Waals surface area contributed by atoms with Crippen LogP contribution >= 0.6 is 0 Å². The second-order valence-electron chi connectivity index (χ2n) is 7.20. The molecule has 4 heteroatoms. The van der Waals surface area contributed by atoms with Crippen molar-refractivity contribution in [3.63, 3.8) is 0 Å². The third-order valence-corrected chi connectivity index (χ3v) is 5.34. The first-order valence-electron chi connectivity index (χ1n) is 9.93. The highest BCUT2D eigenvalue weighted by Crippen LogP contribution is 2.33. The maximum absolute atomic E-state index is 5.13. The highest BCUT2D eigenvalue weighted by atomic mass is 15.1. The topological polar surface area (TPSA) is 41.9 Å². The Morgan fingerprint density at radius 2 is 1.25 bits per heavy atom. The Bertz CT molecular complexity index is 1090. The van der Waals surface area contributed by atoms with Gasteiger partial charge in [-0.05, 0) is 25.3 Å². The molecule has 2 aromatic heterocycles. The highest BCUT2D eigenvalue weighted by Gasteiger charge is 2.19. The smallest absolute Gasteiger partial charge is 0.180 e. The maximum Gasteiger partial charge on any atom is 0.180 e. The van der Waals surface area contributed by atoms with Gasteiger partial charge in [-0.3, -0.25) is 0 Å². The summed E-state index contributed by atoms with van der Waals surface area (Å²) in [5.41, 5.74) is 6.66. The quantitative estimate of drug-likeness (QED) is 0.490. The molecule has 0 spiro atoms. The van der Waals surface area contributed by atoms with E-state index in [1.807, 2.05) is 42.6 Å². The van der Waals surface area contributed by atoms with E-state index in [1.54, 1.807) is 0 Å². The summed E-state index contributed by atoms with van der Waals surface area (Å²) in [7, 11) is 0. The van der Waals surface area contributed by atoms with Gasteiger partial charge in [-0.2, -0.15) is 0 Å². The average Bonchev–Trinajstić information content (AvgIpc) is 2.79. The van der Waals surface area contributed by atoms with Crippen molar-refractivity contribution >= 4 is 16.9 Å². The van der Waals surface area contributed by atoms with Crippen LogP contribution in [0.25, 0.3) is 33.7 Å². The number of nitrogens with zero attached hydrogens (tertiary/aromatic N) is 4. The summed E-state index contributed by atoms with van der Waals surface area (Å²) in [6.07, 6.45) is 5.62. The number of piperidine rings is 1. The van der Waals surface area contributed by atoms with Crippen LogP contribution < -0.4 is 4.90 Å². The number of aromatic nitrogens is 3. The van der Waals surface area contributed by atoms with E-state index in [2.05, 4.69) is 40.2 Å². The Morgan fingerprint density at radius 1 is 0.643 bits per heavy atom. The zero-order valence-electron chi connectivity index (χ0n) is 15.8. The van der Waals surface area contributed by atoms with E-state index >= 15 is 0 Å². The molecular weight excluding hydrogens is 344 g/mol. The Balaban J connectivity index is 1.75. The van der Waals surface area contributed by atoms with Gasteiger partial charge in [-0.1, -0.05) is 60.7 Å². The van der Waals surface area contributed by atoms with Crippen molar-refractivity contribution in [3.8, 4) is 22.5 Å². The number of benzene rings is 2. The van der Waals surface area contributed by atoms with Crippen molar-refractivity contribution in [1.29, 1.82) is 0 Å². The molecule has 3 heterocycles. The molecule has 0 amide bonds. The van der Waals surface area contributed by atoms with Gasteiger partial charge in [0.25, 0.3) is 0 Å². The van der Waals surface area contributed by atoms with Crippen LogP contribution in [0.2, 0.25) is 0 Å². The van der Waals surface area contributed by atoms with Crippen molar-refractivity contribution in [3.05, 3.63) is 72.9 Å². The molecule has 1 aliphatic heterocycles. The molecule has 4 aromatic rings. The van der Waals surface area contributed by atoms with Crippen molar-refractivity contribution < 1.29 is 0 Å². The minimum Gasteiger partial charge on any atom is -0.370 e. The summed E-state index contributed by atoms with van der Waals surface area (Å²) in [5, 5.41) is 0. The zero-order chi connectivity index (χ0) is 18.8. The predicted octanol–water partition coefficient (Wildman–Crippen LogP) is 5.35. The lowest BCUT2D eigenvalue weighted by molar-refractivity contribution is 0.578. The molecule has 0 unspecified atom stereocenters. The highest BCUT2D eigenvalue weighted by molar-refractivity contribution is 5.91. The second-order valence-corrected chi connectivity index (χ2v) is 7.20. The minimum atomic E-state index is 0.710. The van der Waals surface area contributed by atoms with E-state index in [4.69, 9.17) is 9.97 Å². The van der Waals surface area contributed by atoms with Crippen molar-refractivity contribution in [2.75, 3.05) is 18.0 Å². The van der Waals surface area contributed by atoms with Crippen LogP contribution in [0.5, 0.6) is 0 Å². The fourth-order valence-electron chi connectivity index (χ4n) is 3.93. The van der Waals surface area contributed by atoms with E-state index in [-0.39, 0.29) is 0 Å². The first kappa shape index (κ1) is 16.9. The summed E-state index contributed by atoms with van der Waals surface area (Å²) in [5.74, 6) is 0. The summed E-state index contributed by atoms with van der Waals surface area (Å²) >= 11 is 0. The molecule has 0 N–H and O–H groups in total. The lowest BCUT2D eigenvalue weighted by Gasteiger charge is -2.29. The summed E-state index contributed by atoms with van der Waals surface area (Å²) in [4.78, 5) is 17.1. The van der Waals surface area contributed by atoms with Crippen LogP contribution in [0.3, 0.4) is 0 Å². The summed E-state index contributed by atoms with van der Waals surface area (Å²) in [6.45, 7) is 2.14. The largest absolute Gasteiger partial charge is 0.370 e. The van der Waals surface area contributed by atoms with Gasteiger partial charge in [0.1, 0.15) is 5.52 Å². The third kappa shape index (κ3) is 3.11. The monoisotopic (exact) mass is 366 g/mol. The fourth-order valence-corrected chi connectivity index (χ4v) is 3.93. The van der Waals surface area contributed by atoms with Gasteiger partial charge in [0.2, 0.25) is 0 Å². The Kier molecular flexibility index (Phi) is 4.45. The van der Waals surface area contributed by atoms with Gasteiger partial charge in [-0.15, -0.1) is 0 Å². The van der Waals surface area contributed by atoms with Gasteiger partial charge in [0.05, 0.1) is 17.1 Å². The maximum atomic E-state index is 5.13. The molecule has 0 saturated carbocycles. The van der Waals surface area contributed by atoms with Crippen LogP contribution in [0.15, 0.2) is 72.9 Å². The molecular formula is C24H22N4. The Labute approximate surface area is 164 Å². The van der Waals surface area contributed by atoms with Crippen molar-refractivity contribution in [2.24, 2.45) is 0 Å². The molecule has 0 bridgehead atoms. The van der Waals surface area contributed by atoms with E-state index < -0.39 is 0 Å². The van der Waals surface area contributed by atoms with Gasteiger partial charge in [-0.25, -0.2) is 15.0 Å². The van der Waals surface area contributed by atoms with Crippen LogP contribution in [-0.2, 0) is 0 Å². The zero-order valence-corrected chi connectivity index (χ0v) is 15.8. The van der Waals surface area contributed by atoms with Crippen LogP contribution in [-0.4, -0.2) is 28.0 Å². The van der Waals surface area contributed by atoms with E-state index in [0.29, 0.717) is 5.65 Å². The molecule has 138 valence electrons. The van der Waals surface area contributed by atoms with Gasteiger partial charge >= 0.3 is 0 Å². The molecule has 1 fully saturated rings. The molecule has 0 atom stereocenters. The standard InChI is InChI=1S/C24H22N4/c1-4-10-18(11-5-1)21-22(19-12-6-2-7-13-19)27-24-23(26-21)20(14-15-25-24)28-16-8-3-9-17-28/h1-2,4-7,10-15H,3,8-9,16-17H2. The number of rotatable bonds is 3. The molecule has 5 rings (SSSR count). The normalized spacial score (nSPS) is 14.4. The van der Waals surface area contributed by atoms with E-state index in [9.17, 15) is 0 Å². The van der Waals surface area contributed by atoms with Crippen molar-refractivity contribution in [1.82, 2.24) is 15.0 Å². The Hall–Kier alpha value is -3.27. The lowest BCUT2D eigenvalue weighted by atomic mass is 10.0. The average molecular weight is 366 g/mol. The SMILES string of the molecule is c1ccc(-c2nc3nccc(N4CCCCC4)c3nc2-c2ccccc2)cc1. The lowest BCUT2D eigenvalue weighted by Crippen LogP contribution is -2.29. The molecule has 0 radical (unpaired) electrons. The third-order valence-electron chi connectivity index (χ3n) is 5.34. The summed E-state index contributed by atoms with van der Waals surface area (Å²) in [6, 6.07) is 22.6. The second kappa shape index (κ2) is 7.39. The van der Waals surface area contributed by atoms with E-state index in [1.165, 1.54) is 19.3 Å². The fraction of sp³-hybridized carbons (Fsp3) is 0.208. The van der Waals surface area contributed by atoms with Crippen LogP contribution in [0, 0.1) is 0 Å². The van der Waals surface area contributed by atoms with Gasteiger partial charge in [0.15, 0.2) is 5.65 Å². The predicted molar refractivity (Wildman–Crippen MR) is 114 cm³/mol. The van der Waals surface area contributed by atoms with Crippen molar-refractivity contribution in [2.45, 2.75) is 19.3 Å². The molecule has 0 aliphatic carbocycles. The Morgan fingerprint density at radius 3 is 1.89 bits per heavy atom. The number of hydrogen-bond acceptors (Lipinski definition) is 4. The van der Waals surface area contributed by atoms with Crippen LogP contribution in [0.1, 0.15) is 19.3 Å². The molecule has 2 aromatic carbocycles. The summed E-state index contributed by atoms with van der Waals surface area (Å²) < 4.78 is 0. The first-order chi connectivity index (χ1) is 13.9. The molecule has 28 heavy (non-hydrogen) atoms.